The van der Waals surface area contributed by atoms with Crippen LogP contribution >= 0.6 is 0 Å². The van der Waals surface area contributed by atoms with E-state index in [1.54, 1.807) is 0 Å². The summed E-state index contributed by atoms with van der Waals surface area (Å²) < 4.78 is 27.6. The number of anilines is 1. The highest BCUT2D eigenvalue weighted by Gasteiger charge is 2.27. The first-order valence-electron chi connectivity index (χ1n) is 6.97. The van der Waals surface area contributed by atoms with Gasteiger partial charge in [0, 0.05) is 13.1 Å². The molecule has 1 aliphatic rings. The molecule has 0 radical (unpaired) electrons. The topological polar surface area (TPSA) is 127 Å². The van der Waals surface area contributed by atoms with Gasteiger partial charge in [-0.3, -0.25) is 4.79 Å². The van der Waals surface area contributed by atoms with Crippen LogP contribution in [0, 0.1) is 5.92 Å². The van der Waals surface area contributed by atoms with Crippen molar-refractivity contribution in [3.05, 3.63) is 23.8 Å². The van der Waals surface area contributed by atoms with Crippen LogP contribution in [0.5, 0.6) is 0 Å². The summed E-state index contributed by atoms with van der Waals surface area (Å²) in [6, 6.07) is 3.99. The van der Waals surface area contributed by atoms with Crippen molar-refractivity contribution in [2.75, 3.05) is 25.1 Å². The lowest BCUT2D eigenvalue weighted by Crippen LogP contribution is -2.37. The van der Waals surface area contributed by atoms with Gasteiger partial charge in [0.2, 0.25) is 10.0 Å². The van der Waals surface area contributed by atoms with Crippen LogP contribution < -0.4 is 10.0 Å². The molecule has 0 aliphatic carbocycles. The fourth-order valence-electron chi connectivity index (χ4n) is 2.61. The number of piperidine rings is 1. The van der Waals surface area contributed by atoms with Gasteiger partial charge < -0.3 is 14.7 Å². The molecule has 0 spiro atoms. The van der Waals surface area contributed by atoms with Crippen molar-refractivity contribution in [2.24, 2.45) is 11.1 Å². The van der Waals surface area contributed by atoms with Crippen LogP contribution in [0.15, 0.2) is 23.1 Å². The minimum Gasteiger partial charge on any atom is -0.481 e. The first-order chi connectivity index (χ1) is 10.7. The average Bonchev–Trinajstić information content (AvgIpc) is 2.52. The maximum atomic E-state index is 12.0. The molecule has 23 heavy (non-hydrogen) atoms. The Hall–Kier alpha value is -2.13. The van der Waals surface area contributed by atoms with E-state index in [9.17, 15) is 18.0 Å². The Morgan fingerprint density at radius 3 is 2.39 bits per heavy atom. The molecule has 1 aromatic carbocycles. The van der Waals surface area contributed by atoms with Crippen molar-refractivity contribution in [2.45, 2.75) is 17.7 Å². The largest absolute Gasteiger partial charge is 0.481 e. The first kappa shape index (κ1) is 17.2. The molecule has 0 amide bonds. The van der Waals surface area contributed by atoms with E-state index in [0.717, 1.165) is 0 Å². The van der Waals surface area contributed by atoms with Gasteiger partial charge in [-0.15, -0.1) is 0 Å². The van der Waals surface area contributed by atoms with Gasteiger partial charge in [0.25, 0.3) is 0 Å². The zero-order chi connectivity index (χ0) is 17.2. The van der Waals surface area contributed by atoms with Crippen LogP contribution in [-0.4, -0.2) is 45.7 Å². The number of esters is 1. The Morgan fingerprint density at radius 2 is 1.91 bits per heavy atom. The van der Waals surface area contributed by atoms with Crippen molar-refractivity contribution < 1.29 is 27.9 Å². The molecular formula is C14H18N2O6S. The van der Waals surface area contributed by atoms with Crippen molar-refractivity contribution in [3.63, 3.8) is 0 Å². The maximum absolute atomic E-state index is 12.0. The molecule has 3 N–H and O–H groups in total. The summed E-state index contributed by atoms with van der Waals surface area (Å²) in [4.78, 5) is 24.6. The molecule has 9 heteroatoms. The summed E-state index contributed by atoms with van der Waals surface area (Å²) >= 11 is 0. The second kappa shape index (κ2) is 6.55. The third-order valence-corrected chi connectivity index (χ3v) is 4.80. The lowest BCUT2D eigenvalue weighted by atomic mass is 9.96. The fraction of sp³-hybridized carbons (Fsp3) is 0.429. The Kier molecular flexibility index (Phi) is 4.90. The number of nitrogens with two attached hydrogens (primary N) is 1. The molecule has 1 heterocycles. The number of carboxylic acids is 1. The van der Waals surface area contributed by atoms with Crippen LogP contribution in [0.25, 0.3) is 0 Å². The van der Waals surface area contributed by atoms with Crippen molar-refractivity contribution in [1.82, 2.24) is 0 Å². The van der Waals surface area contributed by atoms with Gasteiger partial charge in [-0.2, -0.15) is 0 Å². The summed E-state index contributed by atoms with van der Waals surface area (Å²) in [5, 5.41) is 14.1. The van der Waals surface area contributed by atoms with E-state index in [-0.39, 0.29) is 10.5 Å². The Balaban J connectivity index is 2.35. The molecule has 2 rings (SSSR count). The lowest BCUT2D eigenvalue weighted by molar-refractivity contribution is -0.142. The zero-order valence-corrected chi connectivity index (χ0v) is 13.4. The standard InChI is InChI=1S/C14H18N2O6S/c1-22-14(19)11-8-10(23(15,20)21)2-3-12(11)16-6-4-9(5-7-16)13(17)18/h2-3,8-9H,4-7H2,1H3,(H,17,18)(H2,15,20,21). The Morgan fingerprint density at radius 1 is 1.30 bits per heavy atom. The predicted molar refractivity (Wildman–Crippen MR) is 81.7 cm³/mol. The molecular weight excluding hydrogens is 324 g/mol. The minimum atomic E-state index is -3.94. The number of sulfonamides is 1. The van der Waals surface area contributed by atoms with E-state index in [1.807, 2.05) is 4.90 Å². The number of carbonyl (C=O) groups excluding carboxylic acids is 1. The van der Waals surface area contributed by atoms with E-state index >= 15 is 0 Å². The number of aliphatic carboxylic acids is 1. The quantitative estimate of drug-likeness (QED) is 0.759. The fourth-order valence-corrected chi connectivity index (χ4v) is 3.15. The molecule has 0 atom stereocenters. The number of ether oxygens (including phenoxy) is 1. The van der Waals surface area contributed by atoms with Gasteiger partial charge in [0.05, 0.1) is 29.2 Å². The van der Waals surface area contributed by atoms with Crippen molar-refractivity contribution >= 4 is 27.6 Å². The molecule has 126 valence electrons. The summed E-state index contributed by atoms with van der Waals surface area (Å²) in [5.74, 6) is -1.91. The van der Waals surface area contributed by atoms with Crippen LogP contribution in [0.4, 0.5) is 5.69 Å². The Labute approximate surface area is 133 Å². The Bertz CT molecular complexity index is 723. The number of hydrogen-bond acceptors (Lipinski definition) is 6. The molecule has 8 nitrogen and oxygen atoms in total. The number of nitrogens with zero attached hydrogens (tertiary/aromatic N) is 1. The van der Waals surface area contributed by atoms with Crippen molar-refractivity contribution in [3.8, 4) is 0 Å². The highest BCUT2D eigenvalue weighted by atomic mass is 32.2. The van der Waals surface area contributed by atoms with E-state index < -0.39 is 27.9 Å². The predicted octanol–water partition coefficient (Wildman–Crippen LogP) is 0.422. The minimum absolute atomic E-state index is 0.0906. The molecule has 1 saturated heterocycles. The van der Waals surface area contributed by atoms with Gasteiger partial charge in [0.1, 0.15) is 0 Å². The van der Waals surface area contributed by atoms with Crippen LogP contribution in [-0.2, 0) is 19.6 Å². The molecule has 0 unspecified atom stereocenters. The third kappa shape index (κ3) is 3.80. The monoisotopic (exact) mass is 342 g/mol. The van der Waals surface area contributed by atoms with Crippen molar-refractivity contribution in [1.29, 1.82) is 0 Å². The third-order valence-electron chi connectivity index (χ3n) is 3.89. The molecule has 0 saturated carbocycles. The summed E-state index contributed by atoms with van der Waals surface area (Å²) in [6.07, 6.45) is 0.903. The van der Waals surface area contributed by atoms with E-state index in [4.69, 9.17) is 15.0 Å². The van der Waals surface area contributed by atoms with E-state index in [2.05, 4.69) is 0 Å². The molecule has 1 aromatic rings. The van der Waals surface area contributed by atoms with Gasteiger partial charge in [0.15, 0.2) is 0 Å². The molecule has 0 bridgehead atoms. The second-order valence-electron chi connectivity index (χ2n) is 5.32. The highest BCUT2D eigenvalue weighted by Crippen LogP contribution is 2.29. The van der Waals surface area contributed by atoms with Gasteiger partial charge >= 0.3 is 11.9 Å². The number of rotatable bonds is 4. The number of benzene rings is 1. The lowest BCUT2D eigenvalue weighted by Gasteiger charge is -2.33. The number of carbonyl (C=O) groups is 2. The SMILES string of the molecule is COC(=O)c1cc(S(N)(=O)=O)ccc1N1CCC(C(=O)O)CC1. The number of methoxy groups -OCH3 is 1. The molecule has 1 aliphatic heterocycles. The van der Waals surface area contributed by atoms with E-state index in [1.165, 1.54) is 25.3 Å². The van der Waals surface area contributed by atoms with Crippen LogP contribution in [0.2, 0.25) is 0 Å². The highest BCUT2D eigenvalue weighted by molar-refractivity contribution is 7.89. The number of hydrogen-bond donors (Lipinski definition) is 2. The summed E-state index contributed by atoms with van der Waals surface area (Å²) in [6.45, 7) is 0.908. The number of primary sulfonamides is 1. The van der Waals surface area contributed by atoms with Crippen LogP contribution in [0.3, 0.4) is 0 Å². The first-order valence-corrected chi connectivity index (χ1v) is 8.51. The number of carboxylic acid groups (broad SMARTS) is 1. The summed E-state index contributed by atoms with van der Waals surface area (Å²) in [5.41, 5.74) is 0.598. The summed E-state index contributed by atoms with van der Waals surface area (Å²) in [7, 11) is -2.74. The molecule has 0 aromatic heterocycles. The normalized spacial score (nSPS) is 16.2. The van der Waals surface area contributed by atoms with Crippen LogP contribution in [0.1, 0.15) is 23.2 Å². The van der Waals surface area contributed by atoms with Gasteiger partial charge in [-0.05, 0) is 31.0 Å². The average molecular weight is 342 g/mol. The van der Waals surface area contributed by atoms with Gasteiger partial charge in [-0.1, -0.05) is 0 Å². The second-order valence-corrected chi connectivity index (χ2v) is 6.88. The molecule has 1 fully saturated rings. The maximum Gasteiger partial charge on any atom is 0.340 e. The van der Waals surface area contributed by atoms with Gasteiger partial charge in [-0.25, -0.2) is 18.4 Å². The zero-order valence-electron chi connectivity index (χ0n) is 12.6. The van der Waals surface area contributed by atoms with E-state index in [0.29, 0.717) is 31.6 Å². The smallest absolute Gasteiger partial charge is 0.340 e.